The summed E-state index contributed by atoms with van der Waals surface area (Å²) in [5.41, 5.74) is 2.99. The third kappa shape index (κ3) is 1.85. The van der Waals surface area contributed by atoms with E-state index in [1.54, 1.807) is 6.08 Å². The van der Waals surface area contributed by atoms with Gasteiger partial charge >= 0.3 is 0 Å². The van der Waals surface area contributed by atoms with Gasteiger partial charge in [0.1, 0.15) is 0 Å². The summed E-state index contributed by atoms with van der Waals surface area (Å²) in [4.78, 5) is 14.4. The number of carbonyl (C=O) groups is 1. The highest BCUT2D eigenvalue weighted by molar-refractivity contribution is 5.99. The van der Waals surface area contributed by atoms with E-state index in [0.29, 0.717) is 6.04 Å². The molecule has 3 rings (SSSR count). The topological polar surface area (TPSA) is 29.5 Å². The molecule has 1 saturated heterocycles. The SMILES string of the molecule is C=Cc1ccc2c(c1)C(=O)N(C1CCOCC1)C2. The molecule has 0 atom stereocenters. The summed E-state index contributed by atoms with van der Waals surface area (Å²) >= 11 is 0. The van der Waals surface area contributed by atoms with E-state index in [-0.39, 0.29) is 5.91 Å². The predicted octanol–water partition coefficient (Wildman–Crippen LogP) is 2.46. The molecule has 3 nitrogen and oxygen atoms in total. The van der Waals surface area contributed by atoms with Crippen molar-refractivity contribution in [2.75, 3.05) is 13.2 Å². The van der Waals surface area contributed by atoms with Gasteiger partial charge in [0.15, 0.2) is 0 Å². The summed E-state index contributed by atoms with van der Waals surface area (Å²) in [5.74, 6) is 0.167. The van der Waals surface area contributed by atoms with Crippen molar-refractivity contribution in [2.45, 2.75) is 25.4 Å². The fraction of sp³-hybridized carbons (Fsp3) is 0.400. The lowest BCUT2D eigenvalue weighted by molar-refractivity contribution is 0.0303. The second-order valence-corrected chi connectivity index (χ2v) is 4.90. The molecular weight excluding hydrogens is 226 g/mol. The molecule has 94 valence electrons. The summed E-state index contributed by atoms with van der Waals surface area (Å²) in [6, 6.07) is 6.35. The van der Waals surface area contributed by atoms with Crippen molar-refractivity contribution in [1.82, 2.24) is 4.90 Å². The van der Waals surface area contributed by atoms with Crippen LogP contribution in [0, 0.1) is 0 Å². The van der Waals surface area contributed by atoms with Gasteiger partial charge < -0.3 is 9.64 Å². The Balaban J connectivity index is 1.86. The van der Waals surface area contributed by atoms with Crippen LogP contribution in [0.15, 0.2) is 24.8 Å². The number of ether oxygens (including phenoxy) is 1. The molecule has 1 amide bonds. The molecule has 1 aromatic carbocycles. The van der Waals surface area contributed by atoms with Crippen molar-refractivity contribution in [3.05, 3.63) is 41.5 Å². The van der Waals surface area contributed by atoms with Crippen LogP contribution in [0.3, 0.4) is 0 Å². The number of carbonyl (C=O) groups excluding carboxylic acids is 1. The predicted molar refractivity (Wildman–Crippen MR) is 70.2 cm³/mol. The van der Waals surface area contributed by atoms with Crippen molar-refractivity contribution in [3.63, 3.8) is 0 Å². The first kappa shape index (κ1) is 11.5. The summed E-state index contributed by atoms with van der Waals surface area (Å²) < 4.78 is 5.36. The van der Waals surface area contributed by atoms with E-state index < -0.39 is 0 Å². The highest BCUT2D eigenvalue weighted by Crippen LogP contribution is 2.28. The van der Waals surface area contributed by atoms with Crippen LogP contribution in [0.2, 0.25) is 0 Å². The van der Waals surface area contributed by atoms with Gasteiger partial charge in [-0.1, -0.05) is 24.8 Å². The minimum Gasteiger partial charge on any atom is -0.381 e. The molecule has 0 N–H and O–H groups in total. The smallest absolute Gasteiger partial charge is 0.254 e. The van der Waals surface area contributed by atoms with Crippen LogP contribution in [-0.2, 0) is 11.3 Å². The lowest BCUT2D eigenvalue weighted by Crippen LogP contribution is -2.39. The summed E-state index contributed by atoms with van der Waals surface area (Å²) in [6.07, 6.45) is 3.69. The quantitative estimate of drug-likeness (QED) is 0.798. The zero-order chi connectivity index (χ0) is 12.5. The summed E-state index contributed by atoms with van der Waals surface area (Å²) in [5, 5.41) is 0. The number of fused-ring (bicyclic) bond motifs is 1. The molecule has 2 aliphatic rings. The first-order valence-corrected chi connectivity index (χ1v) is 6.43. The molecule has 0 unspecified atom stereocenters. The largest absolute Gasteiger partial charge is 0.381 e. The van der Waals surface area contributed by atoms with Crippen LogP contribution in [0.4, 0.5) is 0 Å². The number of rotatable bonds is 2. The Morgan fingerprint density at radius 3 is 2.83 bits per heavy atom. The third-order valence-electron chi connectivity index (χ3n) is 3.83. The molecule has 0 bridgehead atoms. The van der Waals surface area contributed by atoms with Crippen LogP contribution in [0.25, 0.3) is 6.08 Å². The van der Waals surface area contributed by atoms with Crippen LogP contribution in [0.5, 0.6) is 0 Å². The zero-order valence-electron chi connectivity index (χ0n) is 10.4. The number of benzene rings is 1. The second-order valence-electron chi connectivity index (χ2n) is 4.90. The highest BCUT2D eigenvalue weighted by Gasteiger charge is 2.33. The van der Waals surface area contributed by atoms with Gasteiger partial charge in [-0.15, -0.1) is 0 Å². The molecule has 3 heteroatoms. The van der Waals surface area contributed by atoms with Crippen molar-refractivity contribution in [1.29, 1.82) is 0 Å². The van der Waals surface area contributed by atoms with E-state index in [1.165, 1.54) is 0 Å². The normalized spacial score (nSPS) is 20.0. The molecule has 0 aromatic heterocycles. The summed E-state index contributed by atoms with van der Waals surface area (Å²) in [7, 11) is 0. The van der Waals surface area contributed by atoms with Crippen LogP contribution >= 0.6 is 0 Å². The van der Waals surface area contributed by atoms with Gasteiger partial charge in [0, 0.05) is 31.4 Å². The number of nitrogens with zero attached hydrogens (tertiary/aromatic N) is 1. The number of amides is 1. The molecule has 0 aliphatic carbocycles. The average Bonchev–Trinajstić information content (AvgIpc) is 2.77. The van der Waals surface area contributed by atoms with E-state index in [4.69, 9.17) is 4.74 Å². The van der Waals surface area contributed by atoms with Gasteiger partial charge in [0.25, 0.3) is 5.91 Å². The minimum absolute atomic E-state index is 0.167. The van der Waals surface area contributed by atoms with E-state index in [0.717, 1.165) is 49.3 Å². The zero-order valence-corrected chi connectivity index (χ0v) is 10.4. The van der Waals surface area contributed by atoms with Crippen LogP contribution in [0.1, 0.15) is 34.3 Å². The third-order valence-corrected chi connectivity index (χ3v) is 3.83. The van der Waals surface area contributed by atoms with E-state index in [2.05, 4.69) is 6.58 Å². The van der Waals surface area contributed by atoms with Crippen molar-refractivity contribution in [3.8, 4) is 0 Å². The Hall–Kier alpha value is -1.61. The molecule has 2 heterocycles. The maximum absolute atomic E-state index is 12.4. The van der Waals surface area contributed by atoms with Gasteiger partial charge in [-0.05, 0) is 30.0 Å². The Morgan fingerprint density at radius 2 is 2.11 bits per heavy atom. The van der Waals surface area contributed by atoms with E-state index >= 15 is 0 Å². The minimum atomic E-state index is 0.167. The maximum atomic E-state index is 12.4. The first-order valence-electron chi connectivity index (χ1n) is 6.43. The van der Waals surface area contributed by atoms with Gasteiger partial charge in [-0.3, -0.25) is 4.79 Å². The maximum Gasteiger partial charge on any atom is 0.254 e. The molecule has 18 heavy (non-hydrogen) atoms. The lowest BCUT2D eigenvalue weighted by atomic mass is 10.1. The molecular formula is C15H17NO2. The molecule has 0 spiro atoms. The Labute approximate surface area is 107 Å². The van der Waals surface area contributed by atoms with E-state index in [9.17, 15) is 4.79 Å². The fourth-order valence-electron chi connectivity index (χ4n) is 2.76. The number of hydrogen-bond acceptors (Lipinski definition) is 2. The standard InChI is InChI=1S/C15H17NO2/c1-2-11-3-4-12-10-16(15(17)14(12)9-11)13-5-7-18-8-6-13/h2-4,9,13H,1,5-8,10H2. The molecule has 2 aliphatic heterocycles. The van der Waals surface area contributed by atoms with Crippen LogP contribution in [-0.4, -0.2) is 30.1 Å². The van der Waals surface area contributed by atoms with Crippen molar-refractivity contribution in [2.24, 2.45) is 0 Å². The van der Waals surface area contributed by atoms with Crippen LogP contribution < -0.4 is 0 Å². The first-order chi connectivity index (χ1) is 8.79. The molecule has 0 radical (unpaired) electrons. The van der Waals surface area contributed by atoms with Crippen molar-refractivity contribution < 1.29 is 9.53 Å². The number of hydrogen-bond donors (Lipinski definition) is 0. The van der Waals surface area contributed by atoms with Gasteiger partial charge in [0.05, 0.1) is 0 Å². The Morgan fingerprint density at radius 1 is 1.33 bits per heavy atom. The second kappa shape index (κ2) is 4.58. The summed E-state index contributed by atoms with van der Waals surface area (Å²) in [6.45, 7) is 6.03. The van der Waals surface area contributed by atoms with Gasteiger partial charge in [-0.25, -0.2) is 0 Å². The Kier molecular flexibility index (Phi) is 2.92. The molecule has 1 aromatic rings. The molecule has 1 fully saturated rings. The molecule has 0 saturated carbocycles. The van der Waals surface area contributed by atoms with Gasteiger partial charge in [0.2, 0.25) is 0 Å². The fourth-order valence-corrected chi connectivity index (χ4v) is 2.76. The highest BCUT2D eigenvalue weighted by atomic mass is 16.5. The van der Waals surface area contributed by atoms with Gasteiger partial charge in [-0.2, -0.15) is 0 Å². The van der Waals surface area contributed by atoms with Crippen molar-refractivity contribution >= 4 is 12.0 Å². The monoisotopic (exact) mass is 243 g/mol. The van der Waals surface area contributed by atoms with E-state index in [1.807, 2.05) is 23.1 Å². The average molecular weight is 243 g/mol. The Bertz CT molecular complexity index is 489. The lowest BCUT2D eigenvalue weighted by Gasteiger charge is -2.30.